The molecule has 1 aromatic heterocycles. The van der Waals surface area contributed by atoms with Crippen molar-refractivity contribution in [3.05, 3.63) is 45.3 Å². The standard InChI is InChI=1S/C16H19NO4/c1-10-11(2)21-15-12(14(10)18)6-5-7-13(15)16(19)20-9-8-17(3)4/h5-7H,8-9H2,1-4H3. The molecule has 0 atom stereocenters. The lowest BCUT2D eigenvalue weighted by molar-refractivity contribution is 0.0483. The highest BCUT2D eigenvalue weighted by molar-refractivity contribution is 6.01. The van der Waals surface area contributed by atoms with Gasteiger partial charge in [-0.3, -0.25) is 4.79 Å². The summed E-state index contributed by atoms with van der Waals surface area (Å²) in [5.41, 5.74) is 1.02. The van der Waals surface area contributed by atoms with Crippen LogP contribution in [0.25, 0.3) is 11.0 Å². The maximum absolute atomic E-state index is 12.2. The van der Waals surface area contributed by atoms with Crippen LogP contribution in [0.4, 0.5) is 0 Å². The van der Waals surface area contributed by atoms with Crippen molar-refractivity contribution in [3.8, 4) is 0 Å². The van der Waals surface area contributed by atoms with E-state index in [2.05, 4.69) is 0 Å². The highest BCUT2D eigenvalue weighted by Crippen LogP contribution is 2.20. The third-order valence-electron chi connectivity index (χ3n) is 3.38. The molecule has 0 fully saturated rings. The summed E-state index contributed by atoms with van der Waals surface area (Å²) in [5.74, 6) is 0.0369. The first-order chi connectivity index (χ1) is 9.91. The molecule has 0 aliphatic carbocycles. The van der Waals surface area contributed by atoms with Crippen LogP contribution < -0.4 is 5.43 Å². The van der Waals surface area contributed by atoms with E-state index in [1.54, 1.807) is 32.0 Å². The molecule has 0 spiro atoms. The second-order valence-electron chi connectivity index (χ2n) is 5.23. The fraction of sp³-hybridized carbons (Fsp3) is 0.375. The molecule has 2 aromatic rings. The molecule has 2 rings (SSSR count). The quantitative estimate of drug-likeness (QED) is 0.807. The maximum atomic E-state index is 12.2. The molecule has 0 aliphatic heterocycles. The predicted octanol–water partition coefficient (Wildman–Crippen LogP) is 2.13. The number of carbonyl (C=O) groups is 1. The Kier molecular flexibility index (Phi) is 4.43. The second-order valence-corrected chi connectivity index (χ2v) is 5.23. The van der Waals surface area contributed by atoms with Crippen molar-refractivity contribution < 1.29 is 13.9 Å². The molecule has 21 heavy (non-hydrogen) atoms. The highest BCUT2D eigenvalue weighted by Gasteiger charge is 2.17. The largest absolute Gasteiger partial charge is 0.461 e. The highest BCUT2D eigenvalue weighted by atomic mass is 16.5. The third kappa shape index (κ3) is 3.13. The summed E-state index contributed by atoms with van der Waals surface area (Å²) >= 11 is 0. The zero-order chi connectivity index (χ0) is 15.6. The fourth-order valence-corrected chi connectivity index (χ4v) is 1.98. The Morgan fingerprint density at radius 3 is 2.67 bits per heavy atom. The van der Waals surface area contributed by atoms with Crippen LogP contribution >= 0.6 is 0 Å². The van der Waals surface area contributed by atoms with Crippen LogP contribution in [-0.2, 0) is 4.74 Å². The average molecular weight is 289 g/mol. The summed E-state index contributed by atoms with van der Waals surface area (Å²) in [6.45, 7) is 4.35. The van der Waals surface area contributed by atoms with Crippen molar-refractivity contribution in [2.45, 2.75) is 13.8 Å². The van der Waals surface area contributed by atoms with E-state index >= 15 is 0 Å². The molecule has 0 saturated carbocycles. The van der Waals surface area contributed by atoms with Crippen molar-refractivity contribution in [1.82, 2.24) is 4.90 Å². The summed E-state index contributed by atoms with van der Waals surface area (Å²) in [6.07, 6.45) is 0. The smallest absolute Gasteiger partial charge is 0.342 e. The topological polar surface area (TPSA) is 59.8 Å². The van der Waals surface area contributed by atoms with Gasteiger partial charge in [0.25, 0.3) is 0 Å². The summed E-state index contributed by atoms with van der Waals surface area (Å²) < 4.78 is 10.9. The molecule has 0 unspecified atom stereocenters. The van der Waals surface area contributed by atoms with Gasteiger partial charge in [0, 0.05) is 12.1 Å². The number of carbonyl (C=O) groups excluding carboxylic acids is 1. The van der Waals surface area contributed by atoms with Gasteiger partial charge in [-0.1, -0.05) is 6.07 Å². The fourth-order valence-electron chi connectivity index (χ4n) is 1.98. The van der Waals surface area contributed by atoms with E-state index in [1.165, 1.54) is 0 Å². The SMILES string of the molecule is Cc1oc2c(C(=O)OCCN(C)C)cccc2c(=O)c1C. The van der Waals surface area contributed by atoms with E-state index in [-0.39, 0.29) is 17.6 Å². The first kappa shape index (κ1) is 15.3. The Morgan fingerprint density at radius 1 is 1.29 bits per heavy atom. The monoisotopic (exact) mass is 289 g/mol. The van der Waals surface area contributed by atoms with Gasteiger partial charge in [0.1, 0.15) is 17.9 Å². The molecule has 0 N–H and O–H groups in total. The van der Waals surface area contributed by atoms with Crippen LogP contribution in [0.2, 0.25) is 0 Å². The zero-order valence-electron chi connectivity index (χ0n) is 12.7. The normalized spacial score (nSPS) is 11.1. The number of fused-ring (bicyclic) bond motifs is 1. The number of benzene rings is 1. The van der Waals surface area contributed by atoms with Crippen molar-refractivity contribution in [1.29, 1.82) is 0 Å². The molecule has 5 nitrogen and oxygen atoms in total. The van der Waals surface area contributed by atoms with Gasteiger partial charge < -0.3 is 14.1 Å². The van der Waals surface area contributed by atoms with Crippen molar-refractivity contribution in [2.75, 3.05) is 27.2 Å². The summed E-state index contributed by atoms with van der Waals surface area (Å²) in [7, 11) is 3.80. The number of likely N-dealkylation sites (N-methyl/N-ethyl adjacent to an activating group) is 1. The van der Waals surface area contributed by atoms with Gasteiger partial charge in [0.05, 0.1) is 5.39 Å². The minimum absolute atomic E-state index is 0.114. The van der Waals surface area contributed by atoms with Crippen molar-refractivity contribution in [3.63, 3.8) is 0 Å². The Labute approximate surface area is 123 Å². The number of esters is 1. The number of aryl methyl sites for hydroxylation is 1. The van der Waals surface area contributed by atoms with Crippen LogP contribution in [0.3, 0.4) is 0 Å². The lowest BCUT2D eigenvalue weighted by Gasteiger charge is -2.11. The molecular weight excluding hydrogens is 270 g/mol. The van der Waals surface area contributed by atoms with Crippen LogP contribution in [0.1, 0.15) is 21.7 Å². The Morgan fingerprint density at radius 2 is 2.00 bits per heavy atom. The molecule has 0 radical (unpaired) electrons. The lowest BCUT2D eigenvalue weighted by Crippen LogP contribution is -2.20. The van der Waals surface area contributed by atoms with E-state index in [9.17, 15) is 9.59 Å². The van der Waals surface area contributed by atoms with E-state index in [0.29, 0.717) is 28.8 Å². The average Bonchev–Trinajstić information content (AvgIpc) is 2.44. The third-order valence-corrected chi connectivity index (χ3v) is 3.38. The van der Waals surface area contributed by atoms with E-state index in [4.69, 9.17) is 9.15 Å². The number of nitrogens with zero attached hydrogens (tertiary/aromatic N) is 1. The Bertz CT molecular complexity index is 731. The lowest BCUT2D eigenvalue weighted by atomic mass is 10.1. The van der Waals surface area contributed by atoms with Gasteiger partial charge in [-0.05, 0) is 40.1 Å². The number of hydrogen-bond donors (Lipinski definition) is 0. The number of para-hydroxylation sites is 1. The van der Waals surface area contributed by atoms with E-state index < -0.39 is 5.97 Å². The molecule has 1 aromatic carbocycles. The minimum Gasteiger partial charge on any atom is -0.461 e. The van der Waals surface area contributed by atoms with Gasteiger partial charge in [0.15, 0.2) is 11.0 Å². The van der Waals surface area contributed by atoms with Crippen LogP contribution in [0, 0.1) is 13.8 Å². The molecule has 0 saturated heterocycles. The minimum atomic E-state index is -0.478. The summed E-state index contributed by atoms with van der Waals surface area (Å²) in [6, 6.07) is 4.93. The van der Waals surface area contributed by atoms with Crippen molar-refractivity contribution >= 4 is 16.9 Å². The van der Waals surface area contributed by atoms with Gasteiger partial charge in [-0.2, -0.15) is 0 Å². The molecular formula is C16H19NO4. The van der Waals surface area contributed by atoms with Crippen LogP contribution in [0.15, 0.2) is 27.4 Å². The second kappa shape index (κ2) is 6.10. The molecule has 0 aliphatic rings. The van der Waals surface area contributed by atoms with Gasteiger partial charge >= 0.3 is 5.97 Å². The zero-order valence-corrected chi connectivity index (χ0v) is 12.7. The first-order valence-corrected chi connectivity index (χ1v) is 6.76. The van der Waals surface area contributed by atoms with Gasteiger partial charge in [0.2, 0.25) is 0 Å². The molecule has 1 heterocycles. The molecule has 5 heteroatoms. The first-order valence-electron chi connectivity index (χ1n) is 6.76. The maximum Gasteiger partial charge on any atom is 0.342 e. The Balaban J connectivity index is 2.41. The number of rotatable bonds is 4. The molecule has 0 bridgehead atoms. The van der Waals surface area contributed by atoms with Gasteiger partial charge in [-0.25, -0.2) is 4.79 Å². The Hall–Kier alpha value is -2.14. The van der Waals surface area contributed by atoms with E-state index in [1.807, 2.05) is 19.0 Å². The summed E-state index contributed by atoms with van der Waals surface area (Å²) in [4.78, 5) is 26.3. The predicted molar refractivity (Wildman–Crippen MR) is 80.8 cm³/mol. The summed E-state index contributed by atoms with van der Waals surface area (Å²) in [5, 5.41) is 0.403. The van der Waals surface area contributed by atoms with Crippen LogP contribution in [0.5, 0.6) is 0 Å². The van der Waals surface area contributed by atoms with Gasteiger partial charge in [-0.15, -0.1) is 0 Å². The number of hydrogen-bond acceptors (Lipinski definition) is 5. The molecule has 0 amide bonds. The van der Waals surface area contributed by atoms with Crippen LogP contribution in [-0.4, -0.2) is 38.1 Å². The van der Waals surface area contributed by atoms with E-state index in [0.717, 1.165) is 0 Å². The van der Waals surface area contributed by atoms with Crippen molar-refractivity contribution in [2.24, 2.45) is 0 Å². The number of ether oxygens (including phenoxy) is 1. The molecule has 112 valence electrons.